The molecule has 20 heavy (non-hydrogen) atoms. The van der Waals surface area contributed by atoms with E-state index < -0.39 is 29.5 Å². The van der Waals surface area contributed by atoms with Crippen LogP contribution in [0.1, 0.15) is 26.7 Å². The molecule has 0 fully saturated rings. The van der Waals surface area contributed by atoms with E-state index in [2.05, 4.69) is 4.74 Å². The zero-order valence-electron chi connectivity index (χ0n) is 11.7. The van der Waals surface area contributed by atoms with Gasteiger partial charge in [-0.15, -0.1) is 0 Å². The number of rotatable bonds is 4. The molecule has 0 aliphatic carbocycles. The Labute approximate surface area is 116 Å². The minimum atomic E-state index is -1.05. The fraction of sp³-hybridized carbons (Fsp3) is 0.615. The predicted octanol–water partition coefficient (Wildman–Crippen LogP) is 1.54. The van der Waals surface area contributed by atoms with Gasteiger partial charge in [0.1, 0.15) is 0 Å². The van der Waals surface area contributed by atoms with Gasteiger partial charge in [0.2, 0.25) is 0 Å². The van der Waals surface area contributed by atoms with E-state index in [4.69, 9.17) is 5.11 Å². The molecule has 0 unspecified atom stereocenters. The normalized spacial score (nSPS) is 22.4. The van der Waals surface area contributed by atoms with Crippen molar-refractivity contribution in [2.24, 2.45) is 11.3 Å². The lowest BCUT2D eigenvalue weighted by atomic mass is 9.74. The van der Waals surface area contributed by atoms with Gasteiger partial charge in [0.25, 0.3) is 0 Å². The van der Waals surface area contributed by atoms with Crippen molar-refractivity contribution in [3.63, 3.8) is 0 Å². The number of aliphatic carboxylic acids is 2. The molecule has 0 aromatic heterocycles. The zero-order chi connectivity index (χ0) is 15.5. The number of methoxy groups -OCH3 is 1. The second kappa shape index (κ2) is 5.94. The highest BCUT2D eigenvalue weighted by Crippen LogP contribution is 2.36. The first kappa shape index (κ1) is 16.0. The molecule has 1 rings (SSSR count). The van der Waals surface area contributed by atoms with E-state index in [-0.39, 0.29) is 18.8 Å². The Hall–Kier alpha value is -2.05. The number of hydrogen-bond acceptors (Lipinski definition) is 4. The molecule has 1 aliphatic heterocycles. The second-order valence-electron chi connectivity index (χ2n) is 5.34. The average Bonchev–Trinajstić information content (AvgIpc) is 2.36. The quantitative estimate of drug-likeness (QED) is 0.812. The van der Waals surface area contributed by atoms with E-state index in [9.17, 15) is 19.5 Å². The molecular weight excluding hydrogens is 266 g/mol. The summed E-state index contributed by atoms with van der Waals surface area (Å²) in [5.41, 5.74) is -1.03. The minimum absolute atomic E-state index is 0.258. The summed E-state index contributed by atoms with van der Waals surface area (Å²) in [6.45, 7) is 3.16. The molecule has 112 valence electrons. The molecule has 2 atom stereocenters. The standard InChI is InChI=1S/C13H19NO6/c1-13(2,11(17)18)8-4-5-14(12(19)20-3)9(6-8)7-10(15)16/h4-5,8-9H,6-7H2,1-3H3,(H,15,16)(H,17,18)/t8-,9-/m1/s1. The van der Waals surface area contributed by atoms with Gasteiger partial charge in [-0.1, -0.05) is 6.08 Å². The highest BCUT2D eigenvalue weighted by atomic mass is 16.5. The maximum atomic E-state index is 11.6. The molecule has 0 saturated carbocycles. The van der Waals surface area contributed by atoms with Gasteiger partial charge in [0.15, 0.2) is 0 Å². The fourth-order valence-corrected chi connectivity index (χ4v) is 2.20. The lowest BCUT2D eigenvalue weighted by molar-refractivity contribution is -0.149. The molecule has 0 bridgehead atoms. The molecule has 1 heterocycles. The van der Waals surface area contributed by atoms with Crippen molar-refractivity contribution < 1.29 is 29.3 Å². The van der Waals surface area contributed by atoms with Crippen molar-refractivity contribution in [1.82, 2.24) is 4.90 Å². The van der Waals surface area contributed by atoms with E-state index in [1.807, 2.05) is 0 Å². The third-order valence-corrected chi connectivity index (χ3v) is 3.67. The number of carbonyl (C=O) groups excluding carboxylic acids is 1. The van der Waals surface area contributed by atoms with Crippen LogP contribution < -0.4 is 0 Å². The topological polar surface area (TPSA) is 104 Å². The van der Waals surface area contributed by atoms with Crippen LogP contribution in [0.2, 0.25) is 0 Å². The van der Waals surface area contributed by atoms with Crippen LogP contribution in [0.4, 0.5) is 4.79 Å². The summed E-state index contributed by atoms with van der Waals surface area (Å²) in [6, 6.07) is -0.617. The lowest BCUT2D eigenvalue weighted by Crippen LogP contribution is -2.45. The number of hydrogen-bond donors (Lipinski definition) is 2. The number of amides is 1. The van der Waals surface area contributed by atoms with Crippen LogP contribution >= 0.6 is 0 Å². The first-order valence-corrected chi connectivity index (χ1v) is 6.20. The minimum Gasteiger partial charge on any atom is -0.481 e. The molecule has 0 radical (unpaired) electrons. The Bertz CT molecular complexity index is 442. The second-order valence-corrected chi connectivity index (χ2v) is 5.34. The summed E-state index contributed by atoms with van der Waals surface area (Å²) in [7, 11) is 1.21. The first-order chi connectivity index (χ1) is 9.20. The summed E-state index contributed by atoms with van der Waals surface area (Å²) < 4.78 is 4.60. The van der Waals surface area contributed by atoms with Crippen LogP contribution in [0.5, 0.6) is 0 Å². The van der Waals surface area contributed by atoms with Gasteiger partial charge in [-0.05, 0) is 26.2 Å². The molecule has 0 saturated heterocycles. The highest BCUT2D eigenvalue weighted by Gasteiger charge is 2.41. The number of nitrogens with zero attached hydrogens (tertiary/aromatic N) is 1. The summed E-state index contributed by atoms with van der Waals surface area (Å²) in [5.74, 6) is -2.37. The van der Waals surface area contributed by atoms with Gasteiger partial charge in [-0.3, -0.25) is 14.5 Å². The van der Waals surface area contributed by atoms with Crippen LogP contribution in [-0.2, 0) is 14.3 Å². The van der Waals surface area contributed by atoms with Gasteiger partial charge < -0.3 is 14.9 Å². The fourth-order valence-electron chi connectivity index (χ4n) is 2.20. The molecule has 1 aliphatic rings. The monoisotopic (exact) mass is 285 g/mol. The third kappa shape index (κ3) is 3.28. The third-order valence-electron chi connectivity index (χ3n) is 3.67. The molecule has 0 aromatic carbocycles. The lowest BCUT2D eigenvalue weighted by Gasteiger charge is -2.38. The van der Waals surface area contributed by atoms with Crippen LogP contribution in [0.25, 0.3) is 0 Å². The number of ether oxygens (including phenoxy) is 1. The van der Waals surface area contributed by atoms with E-state index in [0.29, 0.717) is 0 Å². The molecule has 7 heteroatoms. The Balaban J connectivity index is 3.01. The van der Waals surface area contributed by atoms with Gasteiger partial charge >= 0.3 is 18.0 Å². The number of carboxylic acid groups (broad SMARTS) is 2. The van der Waals surface area contributed by atoms with Crippen molar-refractivity contribution in [3.05, 3.63) is 12.3 Å². The molecule has 1 amide bonds. The summed E-state index contributed by atoms with van der Waals surface area (Å²) in [6.07, 6.45) is 2.38. The maximum Gasteiger partial charge on any atom is 0.413 e. The van der Waals surface area contributed by atoms with Gasteiger partial charge in [-0.25, -0.2) is 4.79 Å². The molecule has 0 aromatic rings. The van der Waals surface area contributed by atoms with Crippen molar-refractivity contribution >= 4 is 18.0 Å². The molecule has 7 nitrogen and oxygen atoms in total. The van der Waals surface area contributed by atoms with Crippen LogP contribution in [0.3, 0.4) is 0 Å². The SMILES string of the molecule is COC(=O)N1C=C[C@@H](C(C)(C)C(=O)O)C[C@@H]1CC(=O)O. The molecule has 0 spiro atoms. The van der Waals surface area contributed by atoms with Crippen molar-refractivity contribution in [1.29, 1.82) is 0 Å². The van der Waals surface area contributed by atoms with E-state index in [1.54, 1.807) is 19.9 Å². The Morgan fingerprint density at radius 2 is 1.95 bits per heavy atom. The van der Waals surface area contributed by atoms with Crippen LogP contribution in [0.15, 0.2) is 12.3 Å². The summed E-state index contributed by atoms with van der Waals surface area (Å²) in [5, 5.41) is 18.1. The van der Waals surface area contributed by atoms with Crippen molar-refractivity contribution in [3.8, 4) is 0 Å². The van der Waals surface area contributed by atoms with Crippen LogP contribution in [0, 0.1) is 11.3 Å². The number of allylic oxidation sites excluding steroid dienone is 1. The largest absolute Gasteiger partial charge is 0.481 e. The van der Waals surface area contributed by atoms with Crippen LogP contribution in [-0.4, -0.2) is 46.3 Å². The van der Waals surface area contributed by atoms with Gasteiger partial charge in [0.05, 0.1) is 25.0 Å². The summed E-state index contributed by atoms with van der Waals surface area (Å²) >= 11 is 0. The van der Waals surface area contributed by atoms with Crippen molar-refractivity contribution in [2.45, 2.75) is 32.7 Å². The average molecular weight is 285 g/mol. The zero-order valence-corrected chi connectivity index (χ0v) is 11.7. The summed E-state index contributed by atoms with van der Waals surface area (Å²) in [4.78, 5) is 34.9. The smallest absolute Gasteiger partial charge is 0.413 e. The Morgan fingerprint density at radius 3 is 2.40 bits per heavy atom. The number of carboxylic acids is 2. The molecule has 2 N–H and O–H groups in total. The predicted molar refractivity (Wildman–Crippen MR) is 68.9 cm³/mol. The highest BCUT2D eigenvalue weighted by molar-refractivity contribution is 5.75. The Kier molecular flexibility index (Phi) is 4.75. The number of carbonyl (C=O) groups is 3. The first-order valence-electron chi connectivity index (χ1n) is 6.20. The van der Waals surface area contributed by atoms with E-state index in [0.717, 1.165) is 0 Å². The molecular formula is C13H19NO6. The maximum absolute atomic E-state index is 11.6. The van der Waals surface area contributed by atoms with E-state index >= 15 is 0 Å². The Morgan fingerprint density at radius 1 is 1.35 bits per heavy atom. The van der Waals surface area contributed by atoms with Crippen molar-refractivity contribution in [2.75, 3.05) is 7.11 Å². The van der Waals surface area contributed by atoms with Gasteiger partial charge in [0, 0.05) is 6.20 Å². The van der Waals surface area contributed by atoms with Gasteiger partial charge in [-0.2, -0.15) is 0 Å². The van der Waals surface area contributed by atoms with E-state index in [1.165, 1.54) is 18.2 Å².